The fraction of sp³-hybridized carbons (Fsp3) is 0.368. The molecule has 132 valence electrons. The first kappa shape index (κ1) is 17.5. The quantitative estimate of drug-likeness (QED) is 0.803. The van der Waals surface area contributed by atoms with Gasteiger partial charge >= 0.3 is 0 Å². The highest BCUT2D eigenvalue weighted by atomic mass is 32.1. The van der Waals surface area contributed by atoms with Crippen LogP contribution in [0.1, 0.15) is 45.6 Å². The molecule has 1 aliphatic carbocycles. The molecule has 0 bridgehead atoms. The number of carbonyl (C=O) groups is 2. The largest absolute Gasteiger partial charge is 0.483 e. The molecule has 1 aromatic heterocycles. The third-order valence-electron chi connectivity index (χ3n) is 4.37. The normalized spacial score (nSPS) is 13.6. The van der Waals surface area contributed by atoms with Gasteiger partial charge < -0.3 is 15.8 Å². The van der Waals surface area contributed by atoms with Crippen molar-refractivity contribution in [3.8, 4) is 5.75 Å². The van der Waals surface area contributed by atoms with Crippen molar-refractivity contribution in [1.82, 2.24) is 0 Å². The maximum atomic E-state index is 12.3. The van der Waals surface area contributed by atoms with Crippen molar-refractivity contribution in [3.63, 3.8) is 0 Å². The topological polar surface area (TPSA) is 81.4 Å². The Labute approximate surface area is 151 Å². The lowest BCUT2D eigenvalue weighted by Crippen LogP contribution is -2.22. The molecule has 25 heavy (non-hydrogen) atoms. The van der Waals surface area contributed by atoms with Gasteiger partial charge in [-0.25, -0.2) is 0 Å². The van der Waals surface area contributed by atoms with Gasteiger partial charge in [0.25, 0.3) is 11.8 Å². The van der Waals surface area contributed by atoms with Crippen LogP contribution in [0.15, 0.2) is 24.3 Å². The second-order valence-corrected chi connectivity index (χ2v) is 7.34. The Balaban J connectivity index is 1.73. The number of nitrogens with two attached hydrogens (primary N) is 1. The van der Waals surface area contributed by atoms with Gasteiger partial charge in [-0.05, 0) is 49.8 Å². The van der Waals surface area contributed by atoms with Crippen molar-refractivity contribution in [3.05, 3.63) is 45.8 Å². The Morgan fingerprint density at radius 3 is 2.72 bits per heavy atom. The van der Waals surface area contributed by atoms with Gasteiger partial charge in [-0.2, -0.15) is 0 Å². The Bertz CT molecular complexity index is 798. The van der Waals surface area contributed by atoms with Crippen LogP contribution in [0.4, 0.5) is 5.00 Å². The van der Waals surface area contributed by atoms with Crippen molar-refractivity contribution >= 4 is 28.2 Å². The van der Waals surface area contributed by atoms with E-state index in [0.29, 0.717) is 16.3 Å². The van der Waals surface area contributed by atoms with E-state index < -0.39 is 5.91 Å². The molecule has 0 saturated carbocycles. The zero-order valence-corrected chi connectivity index (χ0v) is 15.1. The molecule has 5 nitrogen and oxygen atoms in total. The molecule has 0 unspecified atom stereocenters. The summed E-state index contributed by atoms with van der Waals surface area (Å²) >= 11 is 1.47. The molecular weight excluding hydrogens is 336 g/mol. The van der Waals surface area contributed by atoms with E-state index in [-0.39, 0.29) is 12.5 Å². The molecule has 0 radical (unpaired) electrons. The molecule has 1 heterocycles. The minimum absolute atomic E-state index is 0.106. The van der Waals surface area contributed by atoms with Crippen LogP contribution in [0, 0.1) is 6.92 Å². The van der Waals surface area contributed by atoms with E-state index in [9.17, 15) is 9.59 Å². The third-order valence-corrected chi connectivity index (χ3v) is 5.58. The lowest BCUT2D eigenvalue weighted by Gasteiger charge is -2.09. The molecule has 0 spiro atoms. The van der Waals surface area contributed by atoms with E-state index in [1.165, 1.54) is 16.2 Å². The number of anilines is 1. The number of rotatable bonds is 5. The van der Waals surface area contributed by atoms with E-state index in [0.717, 1.165) is 43.2 Å². The summed E-state index contributed by atoms with van der Waals surface area (Å²) in [7, 11) is 0. The fourth-order valence-electron chi connectivity index (χ4n) is 3.12. The van der Waals surface area contributed by atoms with Gasteiger partial charge in [0.15, 0.2) is 6.61 Å². The molecule has 6 heteroatoms. The lowest BCUT2D eigenvalue weighted by atomic mass is 10.1. The summed E-state index contributed by atoms with van der Waals surface area (Å²) < 4.78 is 5.57. The molecule has 3 rings (SSSR count). The average molecular weight is 358 g/mol. The van der Waals surface area contributed by atoms with Gasteiger partial charge in [0.2, 0.25) is 0 Å². The Kier molecular flexibility index (Phi) is 5.38. The minimum atomic E-state index is -0.477. The first-order chi connectivity index (χ1) is 12.1. The predicted molar refractivity (Wildman–Crippen MR) is 99.4 cm³/mol. The van der Waals surface area contributed by atoms with E-state index in [2.05, 4.69) is 5.32 Å². The number of aryl methyl sites for hydroxylation is 2. The Morgan fingerprint density at radius 2 is 1.96 bits per heavy atom. The number of hydrogen-bond donors (Lipinski definition) is 2. The third kappa shape index (κ3) is 4.02. The van der Waals surface area contributed by atoms with Crippen molar-refractivity contribution in [2.75, 3.05) is 11.9 Å². The fourth-order valence-corrected chi connectivity index (χ4v) is 4.43. The first-order valence-corrected chi connectivity index (χ1v) is 9.30. The van der Waals surface area contributed by atoms with E-state index in [1.54, 1.807) is 0 Å². The van der Waals surface area contributed by atoms with Gasteiger partial charge in [-0.3, -0.25) is 9.59 Å². The summed E-state index contributed by atoms with van der Waals surface area (Å²) in [6, 6.07) is 7.53. The monoisotopic (exact) mass is 358 g/mol. The van der Waals surface area contributed by atoms with Crippen LogP contribution in [0.2, 0.25) is 0 Å². The second kappa shape index (κ2) is 7.70. The smallest absolute Gasteiger partial charge is 0.262 e. The summed E-state index contributed by atoms with van der Waals surface area (Å²) in [5.41, 5.74) is 8.04. The summed E-state index contributed by atoms with van der Waals surface area (Å²) in [5, 5.41) is 3.37. The number of nitrogens with one attached hydrogen (secondary N) is 1. The second-order valence-electron chi connectivity index (χ2n) is 6.24. The zero-order valence-electron chi connectivity index (χ0n) is 14.3. The molecule has 1 aliphatic rings. The van der Waals surface area contributed by atoms with E-state index in [4.69, 9.17) is 10.5 Å². The van der Waals surface area contributed by atoms with Crippen molar-refractivity contribution in [1.29, 1.82) is 0 Å². The molecule has 1 aromatic carbocycles. The molecule has 2 amide bonds. The number of fused-ring (bicyclic) bond motifs is 1. The van der Waals surface area contributed by atoms with Gasteiger partial charge in [0.1, 0.15) is 10.8 Å². The molecule has 0 aliphatic heterocycles. The Morgan fingerprint density at radius 1 is 1.20 bits per heavy atom. The van der Waals surface area contributed by atoms with Crippen LogP contribution < -0.4 is 15.8 Å². The van der Waals surface area contributed by atoms with Crippen molar-refractivity contribution in [2.24, 2.45) is 5.73 Å². The standard InChI is InChI=1S/C19H22N2O3S/c1-12-7-5-6-9-14(12)24-11-16(22)21-19-17(18(20)23)13-8-3-2-4-10-15(13)25-19/h5-7,9H,2-4,8,10-11H2,1H3,(H2,20,23)(H,21,22). The van der Waals surface area contributed by atoms with Crippen molar-refractivity contribution in [2.45, 2.75) is 39.0 Å². The van der Waals surface area contributed by atoms with E-state index in [1.807, 2.05) is 31.2 Å². The number of primary amides is 1. The Hall–Kier alpha value is -2.34. The van der Waals surface area contributed by atoms with Crippen LogP contribution in [0.5, 0.6) is 5.75 Å². The number of para-hydroxylation sites is 1. The number of benzene rings is 1. The predicted octanol–water partition coefficient (Wildman–Crippen LogP) is 3.44. The number of thiophene rings is 1. The highest BCUT2D eigenvalue weighted by Gasteiger charge is 2.24. The van der Waals surface area contributed by atoms with Crippen LogP contribution >= 0.6 is 11.3 Å². The molecule has 0 fully saturated rings. The molecular formula is C19H22N2O3S. The molecule has 0 saturated heterocycles. The first-order valence-electron chi connectivity index (χ1n) is 8.49. The SMILES string of the molecule is Cc1ccccc1OCC(=O)Nc1sc2c(c1C(N)=O)CCCCC2. The van der Waals surface area contributed by atoms with Gasteiger partial charge in [-0.15, -0.1) is 11.3 Å². The average Bonchev–Trinajstić information content (AvgIpc) is 2.75. The summed E-state index contributed by atoms with van der Waals surface area (Å²) in [4.78, 5) is 25.4. The number of hydrogen-bond acceptors (Lipinski definition) is 4. The zero-order chi connectivity index (χ0) is 17.8. The highest BCUT2D eigenvalue weighted by Crippen LogP contribution is 2.37. The number of amides is 2. The molecule has 2 aromatic rings. The van der Waals surface area contributed by atoms with Crippen molar-refractivity contribution < 1.29 is 14.3 Å². The van der Waals surface area contributed by atoms with E-state index >= 15 is 0 Å². The maximum Gasteiger partial charge on any atom is 0.262 e. The number of carbonyl (C=O) groups excluding carboxylic acids is 2. The van der Waals surface area contributed by atoms with Crippen LogP contribution in [0.3, 0.4) is 0 Å². The number of ether oxygens (including phenoxy) is 1. The summed E-state index contributed by atoms with van der Waals surface area (Å²) in [6.07, 6.45) is 5.10. The lowest BCUT2D eigenvalue weighted by molar-refractivity contribution is -0.118. The van der Waals surface area contributed by atoms with Gasteiger partial charge in [0, 0.05) is 4.88 Å². The highest BCUT2D eigenvalue weighted by molar-refractivity contribution is 7.17. The van der Waals surface area contributed by atoms with Crippen LogP contribution in [-0.4, -0.2) is 18.4 Å². The molecule has 3 N–H and O–H groups in total. The minimum Gasteiger partial charge on any atom is -0.483 e. The van der Waals surface area contributed by atoms with Crippen LogP contribution in [0.25, 0.3) is 0 Å². The van der Waals surface area contributed by atoms with Gasteiger partial charge in [0.05, 0.1) is 5.56 Å². The molecule has 0 atom stereocenters. The van der Waals surface area contributed by atoms with Crippen LogP contribution in [-0.2, 0) is 17.6 Å². The maximum absolute atomic E-state index is 12.3. The summed E-state index contributed by atoms with van der Waals surface area (Å²) in [5.74, 6) is -0.0913. The summed E-state index contributed by atoms with van der Waals surface area (Å²) in [6.45, 7) is 1.82. The van der Waals surface area contributed by atoms with Gasteiger partial charge in [-0.1, -0.05) is 24.6 Å².